The Labute approximate surface area is 188 Å². The van der Waals surface area contributed by atoms with Crippen molar-refractivity contribution in [1.82, 2.24) is 0 Å². The standard InChI is InChI=1S/C25H30O7/c1-25(2)31-22-19(14-27-13-16-7-5-4-6-8-16)21(30-24(22)32-25)20-15-28-23(29-20)17-9-11-18(26-3)12-10-17/h4-12,19-24H,13-15H2,1-3H3/t19-,20-,21+,22-,23?,24-/m1/s1. The average molecular weight is 443 g/mol. The lowest BCUT2D eigenvalue weighted by Gasteiger charge is -2.28. The summed E-state index contributed by atoms with van der Waals surface area (Å²) in [4.78, 5) is 0. The van der Waals surface area contributed by atoms with E-state index in [2.05, 4.69) is 12.1 Å². The quantitative estimate of drug-likeness (QED) is 0.646. The van der Waals surface area contributed by atoms with E-state index in [-0.39, 0.29) is 24.2 Å². The first-order valence-corrected chi connectivity index (χ1v) is 11.1. The molecule has 3 fully saturated rings. The summed E-state index contributed by atoms with van der Waals surface area (Å²) in [7, 11) is 1.65. The number of hydrogen-bond donors (Lipinski definition) is 0. The number of rotatable bonds is 7. The van der Waals surface area contributed by atoms with Crippen LogP contribution in [0.5, 0.6) is 5.75 Å². The van der Waals surface area contributed by atoms with E-state index in [0.29, 0.717) is 19.8 Å². The predicted molar refractivity (Wildman–Crippen MR) is 115 cm³/mol. The van der Waals surface area contributed by atoms with E-state index in [9.17, 15) is 0 Å². The van der Waals surface area contributed by atoms with E-state index in [0.717, 1.165) is 16.9 Å². The van der Waals surface area contributed by atoms with Gasteiger partial charge in [-0.2, -0.15) is 0 Å². The van der Waals surface area contributed by atoms with Crippen LogP contribution >= 0.6 is 0 Å². The zero-order valence-corrected chi connectivity index (χ0v) is 18.6. The molecule has 3 aliphatic rings. The molecular weight excluding hydrogens is 412 g/mol. The number of benzene rings is 2. The summed E-state index contributed by atoms with van der Waals surface area (Å²) in [6.07, 6.45) is -1.59. The molecule has 3 aliphatic heterocycles. The van der Waals surface area contributed by atoms with Gasteiger partial charge in [0.15, 0.2) is 18.4 Å². The summed E-state index contributed by atoms with van der Waals surface area (Å²) in [5.41, 5.74) is 2.07. The van der Waals surface area contributed by atoms with Gasteiger partial charge < -0.3 is 33.2 Å². The molecule has 5 rings (SSSR count). The molecule has 0 saturated carbocycles. The fourth-order valence-electron chi connectivity index (χ4n) is 4.56. The van der Waals surface area contributed by atoms with E-state index in [1.54, 1.807) is 7.11 Å². The molecule has 7 heteroatoms. The lowest BCUT2D eigenvalue weighted by molar-refractivity contribution is -0.224. The van der Waals surface area contributed by atoms with Gasteiger partial charge in [0.2, 0.25) is 0 Å². The first kappa shape index (κ1) is 21.8. The Morgan fingerprint density at radius 3 is 2.47 bits per heavy atom. The summed E-state index contributed by atoms with van der Waals surface area (Å²) in [5.74, 6) is 0.0768. The molecule has 172 valence electrons. The Hall–Kier alpha value is -2.00. The zero-order valence-electron chi connectivity index (χ0n) is 18.6. The van der Waals surface area contributed by atoms with Crippen LogP contribution in [0.2, 0.25) is 0 Å². The zero-order chi connectivity index (χ0) is 22.1. The van der Waals surface area contributed by atoms with Crippen molar-refractivity contribution in [3.63, 3.8) is 0 Å². The third kappa shape index (κ3) is 4.55. The van der Waals surface area contributed by atoms with Gasteiger partial charge in [0.25, 0.3) is 0 Å². The Bertz CT molecular complexity index is 885. The van der Waals surface area contributed by atoms with Crippen molar-refractivity contribution in [2.45, 2.75) is 57.1 Å². The molecule has 2 aromatic rings. The van der Waals surface area contributed by atoms with Crippen molar-refractivity contribution in [3.05, 3.63) is 65.7 Å². The van der Waals surface area contributed by atoms with Gasteiger partial charge in [0, 0.05) is 11.5 Å². The van der Waals surface area contributed by atoms with Crippen molar-refractivity contribution < 1.29 is 33.2 Å². The van der Waals surface area contributed by atoms with Crippen LogP contribution in [-0.4, -0.2) is 50.7 Å². The third-order valence-corrected chi connectivity index (χ3v) is 6.11. The Kier molecular flexibility index (Phi) is 6.20. The van der Waals surface area contributed by atoms with Crippen molar-refractivity contribution in [3.8, 4) is 5.75 Å². The van der Waals surface area contributed by atoms with Crippen LogP contribution in [0.25, 0.3) is 0 Å². The van der Waals surface area contributed by atoms with Crippen LogP contribution in [0.15, 0.2) is 54.6 Å². The van der Waals surface area contributed by atoms with E-state index in [4.69, 9.17) is 33.2 Å². The van der Waals surface area contributed by atoms with Crippen LogP contribution < -0.4 is 4.74 Å². The van der Waals surface area contributed by atoms with Crippen LogP contribution in [0.3, 0.4) is 0 Å². The summed E-state index contributed by atoms with van der Waals surface area (Å²) in [5, 5.41) is 0. The molecule has 1 unspecified atom stereocenters. The fourth-order valence-corrected chi connectivity index (χ4v) is 4.56. The first-order chi connectivity index (χ1) is 15.5. The molecular formula is C25H30O7. The lowest BCUT2D eigenvalue weighted by atomic mass is 9.95. The van der Waals surface area contributed by atoms with Crippen LogP contribution in [0.4, 0.5) is 0 Å². The fraction of sp³-hybridized carbons (Fsp3) is 0.520. The molecule has 0 amide bonds. The van der Waals surface area contributed by atoms with Gasteiger partial charge in [-0.15, -0.1) is 0 Å². The van der Waals surface area contributed by atoms with E-state index < -0.39 is 18.4 Å². The van der Waals surface area contributed by atoms with Gasteiger partial charge in [-0.25, -0.2) is 0 Å². The monoisotopic (exact) mass is 442 g/mol. The molecule has 0 spiro atoms. The lowest BCUT2D eigenvalue weighted by Crippen LogP contribution is -2.40. The van der Waals surface area contributed by atoms with Gasteiger partial charge in [-0.3, -0.25) is 0 Å². The molecule has 7 nitrogen and oxygen atoms in total. The van der Waals surface area contributed by atoms with Crippen molar-refractivity contribution in [2.75, 3.05) is 20.3 Å². The maximum Gasteiger partial charge on any atom is 0.188 e. The van der Waals surface area contributed by atoms with E-state index >= 15 is 0 Å². The molecule has 0 bridgehead atoms. The minimum Gasteiger partial charge on any atom is -0.497 e. The second-order valence-corrected chi connectivity index (χ2v) is 8.85. The molecule has 3 saturated heterocycles. The minimum atomic E-state index is -0.684. The third-order valence-electron chi connectivity index (χ3n) is 6.11. The van der Waals surface area contributed by atoms with Gasteiger partial charge in [0.1, 0.15) is 18.0 Å². The maximum atomic E-state index is 6.29. The summed E-state index contributed by atoms with van der Waals surface area (Å²) >= 11 is 0. The maximum absolute atomic E-state index is 6.29. The summed E-state index contributed by atoms with van der Waals surface area (Å²) in [6.45, 7) is 5.25. The molecule has 2 aromatic carbocycles. The normalized spacial score (nSPS) is 33.3. The highest BCUT2D eigenvalue weighted by atomic mass is 16.8. The highest BCUT2D eigenvalue weighted by Crippen LogP contribution is 2.44. The van der Waals surface area contributed by atoms with E-state index in [1.165, 1.54) is 0 Å². The van der Waals surface area contributed by atoms with Gasteiger partial charge in [0.05, 0.1) is 33.0 Å². The number of fused-ring (bicyclic) bond motifs is 1. The van der Waals surface area contributed by atoms with Crippen molar-refractivity contribution >= 4 is 0 Å². The van der Waals surface area contributed by atoms with Crippen LogP contribution in [-0.2, 0) is 35.0 Å². The largest absolute Gasteiger partial charge is 0.497 e. The Morgan fingerprint density at radius 2 is 1.72 bits per heavy atom. The smallest absolute Gasteiger partial charge is 0.188 e. The highest BCUT2D eigenvalue weighted by molar-refractivity contribution is 5.28. The molecule has 0 radical (unpaired) electrons. The Morgan fingerprint density at radius 1 is 0.938 bits per heavy atom. The first-order valence-electron chi connectivity index (χ1n) is 11.1. The molecule has 6 atom stereocenters. The topological polar surface area (TPSA) is 64.6 Å². The molecule has 3 heterocycles. The van der Waals surface area contributed by atoms with Crippen molar-refractivity contribution in [2.24, 2.45) is 5.92 Å². The SMILES string of the molecule is COc1ccc(C2OC[C@H]([C@H]3O[C@@H]4OC(C)(C)O[C@@H]4[C@@H]3COCc3ccccc3)O2)cc1. The van der Waals surface area contributed by atoms with E-state index in [1.807, 2.05) is 56.3 Å². The van der Waals surface area contributed by atoms with Crippen LogP contribution in [0, 0.1) is 5.92 Å². The summed E-state index contributed by atoms with van der Waals surface area (Å²) in [6, 6.07) is 17.8. The van der Waals surface area contributed by atoms with Crippen molar-refractivity contribution in [1.29, 1.82) is 0 Å². The van der Waals surface area contributed by atoms with Gasteiger partial charge in [-0.05, 0) is 31.5 Å². The molecule has 0 aromatic heterocycles. The predicted octanol–water partition coefficient (Wildman–Crippen LogP) is 3.82. The van der Waals surface area contributed by atoms with Gasteiger partial charge >= 0.3 is 0 Å². The van der Waals surface area contributed by atoms with Crippen LogP contribution in [0.1, 0.15) is 31.3 Å². The van der Waals surface area contributed by atoms with Gasteiger partial charge in [-0.1, -0.05) is 42.5 Å². The number of hydrogen-bond acceptors (Lipinski definition) is 7. The molecule has 0 aliphatic carbocycles. The molecule has 32 heavy (non-hydrogen) atoms. The minimum absolute atomic E-state index is 0.0336. The highest BCUT2D eigenvalue weighted by Gasteiger charge is 2.57. The average Bonchev–Trinajstić information content (AvgIpc) is 3.48. The molecule has 0 N–H and O–H groups in total. The summed E-state index contributed by atoms with van der Waals surface area (Å²) < 4.78 is 42.0. The second kappa shape index (κ2) is 9.09. The second-order valence-electron chi connectivity index (χ2n) is 8.85. The number of ether oxygens (including phenoxy) is 7. The Balaban J connectivity index is 1.26. The number of methoxy groups -OCH3 is 1.